The van der Waals surface area contributed by atoms with Crippen molar-refractivity contribution >= 4 is 5.91 Å². The van der Waals surface area contributed by atoms with E-state index >= 15 is 0 Å². The van der Waals surface area contributed by atoms with E-state index in [1.807, 2.05) is 11.8 Å². The average Bonchev–Trinajstić information content (AvgIpc) is 3.56. The minimum Gasteiger partial charge on any atom is -0.490 e. The van der Waals surface area contributed by atoms with Crippen LogP contribution in [-0.4, -0.2) is 57.0 Å². The molecule has 7 heteroatoms. The number of hydrogen-bond acceptors (Lipinski definition) is 5. The molecule has 3 rings (SSSR count). The van der Waals surface area contributed by atoms with E-state index in [4.69, 9.17) is 18.9 Å². The SMILES string of the molecule is COCCCOc1cc([C@@H](C)N(C(=O)[C@H]2CCCCO2)C2CC2)cc(F)c1OC. The van der Waals surface area contributed by atoms with Gasteiger partial charge in [0.15, 0.2) is 17.3 Å². The Hall–Kier alpha value is -1.86. The lowest BCUT2D eigenvalue weighted by Gasteiger charge is -2.34. The lowest BCUT2D eigenvalue weighted by molar-refractivity contribution is -0.149. The Kier molecular flexibility index (Phi) is 7.72. The van der Waals surface area contributed by atoms with Crippen LogP contribution in [0, 0.1) is 5.82 Å². The van der Waals surface area contributed by atoms with E-state index in [9.17, 15) is 9.18 Å². The van der Waals surface area contributed by atoms with Crippen molar-refractivity contribution in [3.63, 3.8) is 0 Å². The summed E-state index contributed by atoms with van der Waals surface area (Å²) in [7, 11) is 3.05. The minimum absolute atomic E-state index is 0.0125. The van der Waals surface area contributed by atoms with Gasteiger partial charge in [0, 0.05) is 32.8 Å². The predicted octanol–water partition coefficient (Wildman–Crippen LogP) is 3.87. The Morgan fingerprint density at radius 2 is 2.03 bits per heavy atom. The molecule has 0 radical (unpaired) electrons. The molecular formula is C22H32FNO5. The number of hydrogen-bond donors (Lipinski definition) is 0. The summed E-state index contributed by atoms with van der Waals surface area (Å²) >= 11 is 0. The third kappa shape index (κ3) is 5.39. The molecule has 1 aromatic rings. The van der Waals surface area contributed by atoms with Gasteiger partial charge in [0.25, 0.3) is 5.91 Å². The molecule has 1 saturated heterocycles. The van der Waals surface area contributed by atoms with Gasteiger partial charge in [-0.2, -0.15) is 0 Å². The number of amides is 1. The number of halogens is 1. The van der Waals surface area contributed by atoms with Gasteiger partial charge in [-0.05, 0) is 56.7 Å². The Balaban J connectivity index is 1.80. The Morgan fingerprint density at radius 3 is 2.66 bits per heavy atom. The van der Waals surface area contributed by atoms with Crippen molar-refractivity contribution < 1.29 is 28.1 Å². The average molecular weight is 409 g/mol. The molecule has 0 N–H and O–H groups in total. The van der Waals surface area contributed by atoms with E-state index in [0.717, 1.165) is 32.1 Å². The van der Waals surface area contributed by atoms with Crippen molar-refractivity contribution in [1.29, 1.82) is 0 Å². The van der Waals surface area contributed by atoms with Crippen molar-refractivity contribution in [1.82, 2.24) is 4.90 Å². The first kappa shape index (κ1) is 21.8. The molecule has 162 valence electrons. The molecule has 1 saturated carbocycles. The van der Waals surface area contributed by atoms with Gasteiger partial charge in [0.2, 0.25) is 0 Å². The van der Waals surface area contributed by atoms with Crippen LogP contribution in [0.15, 0.2) is 12.1 Å². The molecular weight excluding hydrogens is 377 g/mol. The van der Waals surface area contributed by atoms with Crippen molar-refractivity contribution in [3.8, 4) is 11.5 Å². The Labute approximate surface area is 172 Å². The zero-order valence-corrected chi connectivity index (χ0v) is 17.6. The van der Waals surface area contributed by atoms with Gasteiger partial charge in [0.1, 0.15) is 6.10 Å². The van der Waals surface area contributed by atoms with Crippen molar-refractivity contribution in [2.24, 2.45) is 0 Å². The van der Waals surface area contributed by atoms with E-state index < -0.39 is 5.82 Å². The van der Waals surface area contributed by atoms with Crippen LogP contribution in [0.5, 0.6) is 11.5 Å². The highest BCUT2D eigenvalue weighted by atomic mass is 19.1. The van der Waals surface area contributed by atoms with Crippen LogP contribution in [0.3, 0.4) is 0 Å². The van der Waals surface area contributed by atoms with Gasteiger partial charge in [-0.25, -0.2) is 4.39 Å². The van der Waals surface area contributed by atoms with Gasteiger partial charge in [-0.1, -0.05) is 0 Å². The predicted molar refractivity (Wildman–Crippen MR) is 107 cm³/mol. The molecule has 1 aliphatic heterocycles. The number of benzene rings is 1. The maximum atomic E-state index is 14.7. The summed E-state index contributed by atoms with van der Waals surface area (Å²) in [5, 5.41) is 0. The molecule has 1 amide bonds. The zero-order valence-electron chi connectivity index (χ0n) is 17.6. The van der Waals surface area contributed by atoms with Crippen LogP contribution in [-0.2, 0) is 14.3 Å². The summed E-state index contributed by atoms with van der Waals surface area (Å²) < 4.78 is 36.4. The zero-order chi connectivity index (χ0) is 20.8. The fourth-order valence-corrected chi connectivity index (χ4v) is 3.82. The fraction of sp³-hybridized carbons (Fsp3) is 0.682. The maximum absolute atomic E-state index is 14.7. The van der Waals surface area contributed by atoms with Crippen LogP contribution in [0.25, 0.3) is 0 Å². The highest BCUT2D eigenvalue weighted by molar-refractivity contribution is 5.82. The summed E-state index contributed by atoms with van der Waals surface area (Å²) in [4.78, 5) is 15.0. The summed E-state index contributed by atoms with van der Waals surface area (Å²) in [6.07, 6.45) is 4.99. The van der Waals surface area contributed by atoms with Crippen molar-refractivity contribution in [2.45, 2.75) is 63.6 Å². The first-order valence-electron chi connectivity index (χ1n) is 10.5. The van der Waals surface area contributed by atoms with Gasteiger partial charge < -0.3 is 23.8 Å². The van der Waals surface area contributed by atoms with Crippen molar-refractivity contribution in [2.75, 3.05) is 34.0 Å². The Morgan fingerprint density at radius 1 is 1.24 bits per heavy atom. The van der Waals surface area contributed by atoms with Gasteiger partial charge in [-0.15, -0.1) is 0 Å². The second-order valence-electron chi connectivity index (χ2n) is 7.74. The second-order valence-corrected chi connectivity index (χ2v) is 7.74. The van der Waals surface area contributed by atoms with E-state index in [1.165, 1.54) is 13.2 Å². The van der Waals surface area contributed by atoms with Gasteiger partial charge >= 0.3 is 0 Å². The first-order chi connectivity index (χ1) is 14.1. The standard InChI is InChI=1S/C22H32FNO5/c1-15(24(17-8-9-17)22(25)19-7-4-5-11-28-19)16-13-18(23)21(27-3)20(14-16)29-12-6-10-26-2/h13-15,17,19H,4-12H2,1-3H3/t15-,19-/m1/s1. The number of rotatable bonds is 10. The molecule has 1 aromatic carbocycles. The third-order valence-corrected chi connectivity index (χ3v) is 5.54. The lowest BCUT2D eigenvalue weighted by Crippen LogP contribution is -2.44. The summed E-state index contributed by atoms with van der Waals surface area (Å²) in [5.74, 6) is -0.0463. The number of nitrogens with zero attached hydrogens (tertiary/aromatic N) is 1. The lowest BCUT2D eigenvalue weighted by atomic mass is 10.0. The summed E-state index contributed by atoms with van der Waals surface area (Å²) in [5.41, 5.74) is 0.695. The van der Waals surface area contributed by atoms with E-state index in [1.54, 1.807) is 13.2 Å². The molecule has 2 atom stereocenters. The molecule has 29 heavy (non-hydrogen) atoms. The van der Waals surface area contributed by atoms with Crippen LogP contribution in [0.2, 0.25) is 0 Å². The molecule has 0 spiro atoms. The highest BCUT2D eigenvalue weighted by Gasteiger charge is 2.40. The summed E-state index contributed by atoms with van der Waals surface area (Å²) in [6.45, 7) is 3.52. The molecule has 0 aromatic heterocycles. The quantitative estimate of drug-likeness (QED) is 0.549. The topological polar surface area (TPSA) is 57.2 Å². The van der Waals surface area contributed by atoms with Crippen LogP contribution < -0.4 is 9.47 Å². The number of carbonyl (C=O) groups excluding carboxylic acids is 1. The molecule has 2 aliphatic rings. The molecule has 1 heterocycles. The molecule has 1 aliphatic carbocycles. The maximum Gasteiger partial charge on any atom is 0.252 e. The normalized spacial score (nSPS) is 20.2. The second kappa shape index (κ2) is 10.3. The number of ether oxygens (including phenoxy) is 4. The molecule has 0 bridgehead atoms. The van der Waals surface area contributed by atoms with Crippen LogP contribution >= 0.6 is 0 Å². The van der Waals surface area contributed by atoms with Crippen molar-refractivity contribution in [3.05, 3.63) is 23.5 Å². The molecule has 0 unspecified atom stereocenters. The molecule has 2 fully saturated rings. The third-order valence-electron chi connectivity index (χ3n) is 5.54. The Bertz CT molecular complexity index is 688. The fourth-order valence-electron chi connectivity index (χ4n) is 3.82. The van der Waals surface area contributed by atoms with Gasteiger partial charge in [0.05, 0.1) is 19.8 Å². The monoisotopic (exact) mass is 409 g/mol. The largest absolute Gasteiger partial charge is 0.490 e. The number of methoxy groups -OCH3 is 2. The summed E-state index contributed by atoms with van der Waals surface area (Å²) in [6, 6.07) is 3.14. The van der Waals surface area contributed by atoms with Gasteiger partial charge in [-0.3, -0.25) is 4.79 Å². The molecule has 6 nitrogen and oxygen atoms in total. The highest BCUT2D eigenvalue weighted by Crippen LogP contribution is 2.39. The smallest absolute Gasteiger partial charge is 0.252 e. The number of carbonyl (C=O) groups is 1. The first-order valence-corrected chi connectivity index (χ1v) is 10.5. The van der Waals surface area contributed by atoms with E-state index in [-0.39, 0.29) is 29.8 Å². The van der Waals surface area contributed by atoms with E-state index in [2.05, 4.69) is 0 Å². The van der Waals surface area contributed by atoms with Crippen LogP contribution in [0.1, 0.15) is 57.1 Å². The minimum atomic E-state index is -0.490. The van der Waals surface area contributed by atoms with Crippen LogP contribution in [0.4, 0.5) is 4.39 Å². The van der Waals surface area contributed by atoms with E-state index in [0.29, 0.717) is 37.6 Å².